The van der Waals surface area contributed by atoms with E-state index >= 15 is 0 Å². The normalized spacial score (nSPS) is 13.7. The van der Waals surface area contributed by atoms with Crippen LogP contribution < -0.4 is 5.32 Å². The summed E-state index contributed by atoms with van der Waals surface area (Å²) >= 11 is 0. The Labute approximate surface area is 318 Å². The number of aliphatic hydroxyl groups is 3. The average molecular weight is 720 g/mol. The van der Waals surface area contributed by atoms with Gasteiger partial charge in [0.15, 0.2) is 0 Å². The molecule has 0 aromatic heterocycles. The maximum atomic E-state index is 12.5. The average Bonchev–Trinajstić information content (AvgIpc) is 3.13. The molecule has 5 heteroatoms. The summed E-state index contributed by atoms with van der Waals surface area (Å²) in [6, 6.07) is -0.810. The monoisotopic (exact) mass is 720 g/mol. The lowest BCUT2D eigenvalue weighted by atomic mass is 10.0. The van der Waals surface area contributed by atoms with E-state index in [0.29, 0.717) is 6.42 Å². The summed E-state index contributed by atoms with van der Waals surface area (Å²) in [4.78, 5) is 12.5. The van der Waals surface area contributed by atoms with Crippen LogP contribution in [0.5, 0.6) is 0 Å². The van der Waals surface area contributed by atoms with Crippen molar-refractivity contribution in [3.8, 4) is 0 Å². The largest absolute Gasteiger partial charge is 0.394 e. The van der Waals surface area contributed by atoms with Gasteiger partial charge in [0.25, 0.3) is 0 Å². The first-order chi connectivity index (χ1) is 25.1. The van der Waals surface area contributed by atoms with Crippen molar-refractivity contribution in [2.75, 3.05) is 6.61 Å². The second kappa shape index (κ2) is 41.6. The van der Waals surface area contributed by atoms with E-state index in [-0.39, 0.29) is 6.61 Å². The van der Waals surface area contributed by atoms with Crippen molar-refractivity contribution >= 4 is 5.91 Å². The highest BCUT2D eigenvalue weighted by atomic mass is 16.3. The van der Waals surface area contributed by atoms with Gasteiger partial charge in [-0.05, 0) is 32.1 Å². The zero-order valence-electron chi connectivity index (χ0n) is 34.2. The minimum atomic E-state index is -1.10. The molecule has 51 heavy (non-hydrogen) atoms. The predicted octanol–water partition coefficient (Wildman–Crippen LogP) is 13.0. The zero-order valence-corrected chi connectivity index (χ0v) is 34.2. The molecule has 302 valence electrons. The fourth-order valence-electron chi connectivity index (χ4n) is 6.97. The second-order valence-electron chi connectivity index (χ2n) is 15.6. The Kier molecular flexibility index (Phi) is 40.6. The fourth-order valence-corrected chi connectivity index (χ4v) is 6.97. The summed E-state index contributed by atoms with van der Waals surface area (Å²) in [5.41, 5.74) is 0. The van der Waals surface area contributed by atoms with Crippen LogP contribution in [0.3, 0.4) is 0 Å². The minimum Gasteiger partial charge on any atom is -0.394 e. The first kappa shape index (κ1) is 49.8. The number of rotatable bonds is 41. The number of carbonyl (C=O) groups excluding carboxylic acids is 1. The van der Waals surface area contributed by atoms with Crippen LogP contribution in [-0.2, 0) is 4.79 Å². The molecule has 0 radical (unpaired) electrons. The van der Waals surface area contributed by atoms with Crippen LogP contribution >= 0.6 is 0 Å². The Balaban J connectivity index is 3.60. The lowest BCUT2D eigenvalue weighted by Gasteiger charge is -2.21. The molecular formula is C46H89NO4. The fraction of sp³-hybridized carbons (Fsp3) is 0.891. The summed E-state index contributed by atoms with van der Waals surface area (Å²) in [5, 5.41) is 33.1. The first-order valence-corrected chi connectivity index (χ1v) is 22.7. The summed E-state index contributed by atoms with van der Waals surface area (Å²) in [5.74, 6) is -0.510. The molecule has 0 fully saturated rings. The molecule has 0 aliphatic carbocycles. The number of amides is 1. The molecule has 0 saturated heterocycles. The molecule has 3 atom stereocenters. The molecule has 5 nitrogen and oxygen atoms in total. The van der Waals surface area contributed by atoms with Gasteiger partial charge in [-0.25, -0.2) is 0 Å². The number of aliphatic hydroxyl groups excluding tert-OH is 3. The van der Waals surface area contributed by atoms with E-state index in [1.165, 1.54) is 180 Å². The van der Waals surface area contributed by atoms with Gasteiger partial charge < -0.3 is 20.6 Å². The molecule has 0 spiro atoms. The van der Waals surface area contributed by atoms with Gasteiger partial charge in [-0.2, -0.15) is 0 Å². The van der Waals surface area contributed by atoms with Gasteiger partial charge in [0, 0.05) is 0 Å². The van der Waals surface area contributed by atoms with Gasteiger partial charge in [-0.1, -0.05) is 231 Å². The molecule has 3 unspecified atom stereocenters. The van der Waals surface area contributed by atoms with Crippen LogP contribution in [-0.4, -0.2) is 46.1 Å². The van der Waals surface area contributed by atoms with Crippen molar-refractivity contribution in [3.63, 3.8) is 0 Å². The van der Waals surface area contributed by atoms with E-state index in [4.69, 9.17) is 0 Å². The Bertz CT molecular complexity index is 754. The number of nitrogens with one attached hydrogen (secondary N) is 1. The second-order valence-corrected chi connectivity index (χ2v) is 15.6. The van der Waals surface area contributed by atoms with Crippen LogP contribution in [0.1, 0.15) is 239 Å². The smallest absolute Gasteiger partial charge is 0.249 e. The summed E-state index contributed by atoms with van der Waals surface area (Å²) in [7, 11) is 0. The van der Waals surface area contributed by atoms with Crippen LogP contribution in [0, 0.1) is 0 Å². The Morgan fingerprint density at radius 3 is 1.20 bits per heavy atom. The maximum absolute atomic E-state index is 12.5. The molecule has 0 aliphatic heterocycles. The van der Waals surface area contributed by atoms with Crippen LogP contribution in [0.2, 0.25) is 0 Å². The number of allylic oxidation sites excluding steroid dienone is 3. The highest BCUT2D eigenvalue weighted by Crippen LogP contribution is 2.16. The van der Waals surface area contributed by atoms with E-state index in [1.807, 2.05) is 6.08 Å². The topological polar surface area (TPSA) is 89.8 Å². The quantitative estimate of drug-likeness (QED) is 0.0374. The van der Waals surface area contributed by atoms with Gasteiger partial charge in [0.05, 0.1) is 18.8 Å². The molecule has 0 saturated carbocycles. The molecular weight excluding hydrogens is 631 g/mol. The molecule has 0 rings (SSSR count). The highest BCUT2D eigenvalue weighted by Gasteiger charge is 2.22. The van der Waals surface area contributed by atoms with E-state index in [2.05, 4.69) is 31.3 Å². The van der Waals surface area contributed by atoms with Crippen molar-refractivity contribution in [1.82, 2.24) is 5.32 Å². The van der Waals surface area contributed by atoms with E-state index in [9.17, 15) is 20.1 Å². The standard InChI is InChI=1S/C46H89NO4/c1-3-5-7-9-11-13-15-17-18-19-20-21-22-23-24-25-26-27-29-31-33-35-37-39-41-45(50)46(51)47-43(42-48)44(49)40-38-36-34-32-30-28-16-14-12-10-8-6-4-2/h30,32,38,40,43-45,48-50H,3-29,31,33-37,39,41-42H2,1-2H3,(H,47,51)/b32-30+,40-38+. The van der Waals surface area contributed by atoms with Gasteiger partial charge in [-0.3, -0.25) is 4.79 Å². The molecule has 0 heterocycles. The van der Waals surface area contributed by atoms with Gasteiger partial charge in [0.2, 0.25) is 5.91 Å². The minimum absolute atomic E-state index is 0.373. The van der Waals surface area contributed by atoms with Crippen molar-refractivity contribution in [2.45, 2.75) is 257 Å². The molecule has 0 aliphatic rings. The van der Waals surface area contributed by atoms with E-state index in [1.54, 1.807) is 6.08 Å². The lowest BCUT2D eigenvalue weighted by Crippen LogP contribution is -2.48. The van der Waals surface area contributed by atoms with Crippen molar-refractivity contribution in [1.29, 1.82) is 0 Å². The summed E-state index contributed by atoms with van der Waals surface area (Å²) < 4.78 is 0. The number of hydrogen-bond donors (Lipinski definition) is 4. The highest BCUT2D eigenvalue weighted by molar-refractivity contribution is 5.80. The third-order valence-corrected chi connectivity index (χ3v) is 10.5. The SMILES string of the molecule is CCCCCCCCC/C=C/CC/C=C/C(O)C(CO)NC(=O)C(O)CCCCCCCCCCCCCCCCCCCCCCCCCC. The molecule has 4 N–H and O–H groups in total. The third kappa shape index (κ3) is 37.0. The summed E-state index contributed by atoms with van der Waals surface area (Å²) in [6.45, 7) is 4.17. The maximum Gasteiger partial charge on any atom is 0.249 e. The van der Waals surface area contributed by atoms with Crippen LogP contribution in [0.4, 0.5) is 0 Å². The van der Waals surface area contributed by atoms with Gasteiger partial charge >= 0.3 is 0 Å². The van der Waals surface area contributed by atoms with Gasteiger partial charge in [0.1, 0.15) is 6.10 Å². The van der Waals surface area contributed by atoms with Crippen LogP contribution in [0.15, 0.2) is 24.3 Å². The predicted molar refractivity (Wildman–Crippen MR) is 222 cm³/mol. The first-order valence-electron chi connectivity index (χ1n) is 22.7. The molecule has 0 aromatic rings. The van der Waals surface area contributed by atoms with Gasteiger partial charge in [-0.15, -0.1) is 0 Å². The Morgan fingerprint density at radius 1 is 0.471 bits per heavy atom. The van der Waals surface area contributed by atoms with E-state index in [0.717, 1.165) is 38.5 Å². The number of unbranched alkanes of at least 4 members (excludes halogenated alkanes) is 31. The molecule has 0 aromatic carbocycles. The number of hydrogen-bond acceptors (Lipinski definition) is 4. The summed E-state index contributed by atoms with van der Waals surface area (Å²) in [6.07, 6.45) is 50.8. The Hall–Kier alpha value is -1.17. The van der Waals surface area contributed by atoms with Crippen molar-refractivity contribution < 1.29 is 20.1 Å². The Morgan fingerprint density at radius 2 is 0.804 bits per heavy atom. The third-order valence-electron chi connectivity index (χ3n) is 10.5. The zero-order chi connectivity index (χ0) is 37.3. The van der Waals surface area contributed by atoms with E-state index < -0.39 is 24.2 Å². The number of carbonyl (C=O) groups is 1. The molecule has 1 amide bonds. The van der Waals surface area contributed by atoms with Crippen molar-refractivity contribution in [3.05, 3.63) is 24.3 Å². The molecule has 0 bridgehead atoms. The van der Waals surface area contributed by atoms with Crippen molar-refractivity contribution in [2.24, 2.45) is 0 Å². The lowest BCUT2D eigenvalue weighted by molar-refractivity contribution is -0.131. The van der Waals surface area contributed by atoms with Crippen LogP contribution in [0.25, 0.3) is 0 Å².